The quantitative estimate of drug-likeness (QED) is 0.801. The molecule has 0 saturated heterocycles. The number of rotatable bonds is 4. The molecule has 1 aromatic carbocycles. The summed E-state index contributed by atoms with van der Waals surface area (Å²) in [5.41, 5.74) is 3.34. The fourth-order valence-corrected chi connectivity index (χ4v) is 2.20. The second-order valence-electron chi connectivity index (χ2n) is 5.16. The Hall–Kier alpha value is -3.02. The average molecular weight is 308 g/mol. The molecule has 0 radical (unpaired) electrons. The van der Waals surface area contributed by atoms with Crippen LogP contribution in [0.1, 0.15) is 27.5 Å². The number of aromatic nitrogens is 3. The molecule has 6 heteroatoms. The lowest BCUT2D eigenvalue weighted by Gasteiger charge is -2.05. The van der Waals surface area contributed by atoms with E-state index in [0.29, 0.717) is 29.3 Å². The number of nitrogens with zero attached hydrogens (tertiary/aromatic N) is 3. The van der Waals surface area contributed by atoms with Gasteiger partial charge < -0.3 is 9.84 Å². The van der Waals surface area contributed by atoms with E-state index < -0.39 is 0 Å². The maximum atomic E-state index is 12.5. The molecule has 1 amide bonds. The molecule has 3 rings (SSSR count). The zero-order valence-electron chi connectivity index (χ0n) is 12.9. The number of amides is 1. The van der Waals surface area contributed by atoms with E-state index in [1.54, 1.807) is 19.3 Å². The van der Waals surface area contributed by atoms with Gasteiger partial charge in [0.15, 0.2) is 0 Å². The molecule has 0 aliphatic heterocycles. The number of nitrogens with one attached hydrogen (secondary N) is 1. The summed E-state index contributed by atoms with van der Waals surface area (Å²) < 4.78 is 5.20. The summed E-state index contributed by atoms with van der Waals surface area (Å²) in [6.45, 7) is 3.88. The first-order valence-corrected chi connectivity index (χ1v) is 7.22. The topological polar surface area (TPSA) is 80.9 Å². The van der Waals surface area contributed by atoms with Crippen LogP contribution in [-0.4, -0.2) is 21.0 Å². The Bertz CT molecular complexity index is 810. The zero-order chi connectivity index (χ0) is 16.2. The van der Waals surface area contributed by atoms with Crippen LogP contribution < -0.4 is 5.32 Å². The van der Waals surface area contributed by atoms with E-state index in [-0.39, 0.29) is 5.91 Å². The third-order valence-corrected chi connectivity index (χ3v) is 3.40. The highest BCUT2D eigenvalue weighted by Gasteiger charge is 2.21. The second-order valence-corrected chi connectivity index (χ2v) is 5.16. The van der Waals surface area contributed by atoms with Crippen LogP contribution in [0.5, 0.6) is 0 Å². The van der Waals surface area contributed by atoms with Crippen LogP contribution in [0.2, 0.25) is 0 Å². The summed E-state index contributed by atoms with van der Waals surface area (Å²) >= 11 is 0. The summed E-state index contributed by atoms with van der Waals surface area (Å²) in [7, 11) is 0. The molecule has 3 aromatic rings. The van der Waals surface area contributed by atoms with Gasteiger partial charge in [0.05, 0.1) is 24.1 Å². The van der Waals surface area contributed by atoms with Gasteiger partial charge in [-0.2, -0.15) is 0 Å². The van der Waals surface area contributed by atoms with E-state index in [1.807, 2.05) is 37.3 Å². The second kappa shape index (κ2) is 6.39. The standard InChI is InChI=1S/C17H16N4O2/c1-11-8-19-14(9-18-11)10-20-17(22)15-12(2)23-21-16(15)13-6-4-3-5-7-13/h3-9H,10H2,1-2H3,(H,20,22). The zero-order valence-corrected chi connectivity index (χ0v) is 12.9. The lowest BCUT2D eigenvalue weighted by Crippen LogP contribution is -2.24. The van der Waals surface area contributed by atoms with Crippen molar-refractivity contribution >= 4 is 5.91 Å². The summed E-state index contributed by atoms with van der Waals surface area (Å²) in [6, 6.07) is 9.47. The number of carbonyl (C=O) groups is 1. The monoisotopic (exact) mass is 308 g/mol. The number of aryl methyl sites for hydroxylation is 2. The van der Waals surface area contributed by atoms with E-state index in [0.717, 1.165) is 11.3 Å². The smallest absolute Gasteiger partial charge is 0.257 e. The molecule has 0 spiro atoms. The van der Waals surface area contributed by atoms with Gasteiger partial charge in [-0.25, -0.2) is 0 Å². The van der Waals surface area contributed by atoms with E-state index in [1.165, 1.54) is 0 Å². The van der Waals surface area contributed by atoms with E-state index >= 15 is 0 Å². The van der Waals surface area contributed by atoms with Gasteiger partial charge in [-0.05, 0) is 13.8 Å². The Morgan fingerprint density at radius 3 is 2.61 bits per heavy atom. The molecule has 0 bridgehead atoms. The molecular weight excluding hydrogens is 292 g/mol. The Labute approximate surface area is 133 Å². The van der Waals surface area contributed by atoms with Gasteiger partial charge in [0, 0.05) is 11.8 Å². The van der Waals surface area contributed by atoms with Crippen LogP contribution in [-0.2, 0) is 6.54 Å². The molecule has 0 aliphatic rings. The first kappa shape index (κ1) is 14.9. The molecule has 0 atom stereocenters. The molecule has 0 aliphatic carbocycles. The first-order valence-electron chi connectivity index (χ1n) is 7.22. The first-order chi connectivity index (χ1) is 11.1. The van der Waals surface area contributed by atoms with Crippen LogP contribution in [0, 0.1) is 13.8 Å². The lowest BCUT2D eigenvalue weighted by molar-refractivity contribution is 0.0949. The van der Waals surface area contributed by atoms with E-state index in [2.05, 4.69) is 20.4 Å². The number of hydrogen-bond acceptors (Lipinski definition) is 5. The Morgan fingerprint density at radius 1 is 1.13 bits per heavy atom. The van der Waals surface area contributed by atoms with Crippen LogP contribution >= 0.6 is 0 Å². The van der Waals surface area contributed by atoms with Gasteiger partial charge in [-0.3, -0.25) is 14.8 Å². The van der Waals surface area contributed by atoms with Crippen LogP contribution in [0.25, 0.3) is 11.3 Å². The highest BCUT2D eigenvalue weighted by Crippen LogP contribution is 2.24. The van der Waals surface area contributed by atoms with Crippen molar-refractivity contribution in [1.29, 1.82) is 0 Å². The SMILES string of the molecule is Cc1cnc(CNC(=O)c2c(-c3ccccc3)noc2C)cn1. The van der Waals surface area contributed by atoms with Gasteiger partial charge in [0.2, 0.25) is 0 Å². The number of benzene rings is 1. The minimum atomic E-state index is -0.245. The minimum Gasteiger partial charge on any atom is -0.360 e. The molecule has 2 aromatic heterocycles. The average Bonchev–Trinajstić information content (AvgIpc) is 2.96. The molecule has 1 N–H and O–H groups in total. The molecule has 6 nitrogen and oxygen atoms in total. The van der Waals surface area contributed by atoms with Crippen molar-refractivity contribution in [3.63, 3.8) is 0 Å². The van der Waals surface area contributed by atoms with Crippen molar-refractivity contribution in [2.45, 2.75) is 20.4 Å². The van der Waals surface area contributed by atoms with Crippen LogP contribution in [0.15, 0.2) is 47.2 Å². The fourth-order valence-electron chi connectivity index (χ4n) is 2.20. The van der Waals surface area contributed by atoms with Crippen molar-refractivity contribution in [3.05, 3.63) is 65.4 Å². The normalized spacial score (nSPS) is 10.5. The Balaban J connectivity index is 1.80. The Kier molecular flexibility index (Phi) is 4.14. The predicted octanol–water partition coefficient (Wildman–Crippen LogP) is 2.68. The van der Waals surface area contributed by atoms with Gasteiger partial charge in [-0.15, -0.1) is 0 Å². The number of carbonyl (C=O) groups excluding carboxylic acids is 1. The molecule has 116 valence electrons. The van der Waals surface area contributed by atoms with Crippen molar-refractivity contribution in [3.8, 4) is 11.3 Å². The lowest BCUT2D eigenvalue weighted by atomic mass is 10.1. The molecular formula is C17H16N4O2. The maximum absolute atomic E-state index is 12.5. The molecule has 0 fully saturated rings. The molecule has 0 unspecified atom stereocenters. The number of hydrogen-bond donors (Lipinski definition) is 1. The minimum absolute atomic E-state index is 0.245. The van der Waals surface area contributed by atoms with E-state index in [9.17, 15) is 4.79 Å². The summed E-state index contributed by atoms with van der Waals surface area (Å²) in [4.78, 5) is 20.9. The predicted molar refractivity (Wildman–Crippen MR) is 84.6 cm³/mol. The van der Waals surface area contributed by atoms with Crippen molar-refractivity contribution in [1.82, 2.24) is 20.4 Å². The maximum Gasteiger partial charge on any atom is 0.257 e. The highest BCUT2D eigenvalue weighted by molar-refractivity contribution is 6.00. The van der Waals surface area contributed by atoms with Crippen LogP contribution in [0.3, 0.4) is 0 Å². The van der Waals surface area contributed by atoms with E-state index in [4.69, 9.17) is 4.52 Å². The van der Waals surface area contributed by atoms with Gasteiger partial charge in [-0.1, -0.05) is 35.5 Å². The third kappa shape index (κ3) is 3.26. The highest BCUT2D eigenvalue weighted by atomic mass is 16.5. The van der Waals surface area contributed by atoms with Crippen molar-refractivity contribution < 1.29 is 9.32 Å². The van der Waals surface area contributed by atoms with Gasteiger partial charge >= 0.3 is 0 Å². The summed E-state index contributed by atoms with van der Waals surface area (Å²) in [5.74, 6) is 0.237. The summed E-state index contributed by atoms with van der Waals surface area (Å²) in [5, 5.41) is 6.84. The van der Waals surface area contributed by atoms with Crippen molar-refractivity contribution in [2.75, 3.05) is 0 Å². The molecule has 0 saturated carbocycles. The molecule has 2 heterocycles. The van der Waals surface area contributed by atoms with Gasteiger partial charge in [0.1, 0.15) is 17.0 Å². The third-order valence-electron chi connectivity index (χ3n) is 3.40. The molecule has 23 heavy (non-hydrogen) atoms. The fraction of sp³-hybridized carbons (Fsp3) is 0.176. The Morgan fingerprint density at radius 2 is 1.91 bits per heavy atom. The largest absolute Gasteiger partial charge is 0.360 e. The van der Waals surface area contributed by atoms with Gasteiger partial charge in [0.25, 0.3) is 5.91 Å². The van der Waals surface area contributed by atoms with Crippen LogP contribution in [0.4, 0.5) is 0 Å². The van der Waals surface area contributed by atoms with Crippen molar-refractivity contribution in [2.24, 2.45) is 0 Å². The summed E-state index contributed by atoms with van der Waals surface area (Å²) in [6.07, 6.45) is 3.32.